The van der Waals surface area contributed by atoms with E-state index in [2.05, 4.69) is 12.2 Å². The van der Waals surface area contributed by atoms with Crippen LogP contribution in [0.15, 0.2) is 34.7 Å². The third kappa shape index (κ3) is 6.88. The van der Waals surface area contributed by atoms with Crippen LogP contribution in [0.4, 0.5) is 0 Å². The molecule has 2 rings (SSSR count). The first-order valence-electron chi connectivity index (χ1n) is 8.76. The topological polar surface area (TPSA) is 25.2 Å². The molecule has 24 heavy (non-hydrogen) atoms. The van der Waals surface area contributed by atoms with Crippen LogP contribution in [-0.4, -0.2) is 6.54 Å². The SMILES string of the molecule is CCCCCCCCNCc1ccc(-c2ccc(C)c(Cl)c2)o1.[Cl-]. The number of hydrogen-bond donors (Lipinski definition) is 1. The predicted octanol–water partition coefficient (Wildman–Crippen LogP) is 3.36. The summed E-state index contributed by atoms with van der Waals surface area (Å²) in [7, 11) is 0. The number of aryl methyl sites for hydroxylation is 1. The van der Waals surface area contributed by atoms with Crippen LogP contribution < -0.4 is 17.7 Å². The Hall–Kier alpha value is -0.960. The summed E-state index contributed by atoms with van der Waals surface area (Å²) in [6.07, 6.45) is 7.96. The fourth-order valence-electron chi connectivity index (χ4n) is 2.62. The second-order valence-electron chi connectivity index (χ2n) is 6.17. The van der Waals surface area contributed by atoms with E-state index in [9.17, 15) is 0 Å². The summed E-state index contributed by atoms with van der Waals surface area (Å²) in [5, 5.41) is 4.24. The van der Waals surface area contributed by atoms with Crippen LogP contribution in [0.2, 0.25) is 5.02 Å². The summed E-state index contributed by atoms with van der Waals surface area (Å²) in [5.74, 6) is 1.85. The minimum Gasteiger partial charge on any atom is -1.00 e. The zero-order valence-corrected chi connectivity index (χ0v) is 16.2. The van der Waals surface area contributed by atoms with Crippen LogP contribution >= 0.6 is 11.6 Å². The molecule has 4 heteroatoms. The average Bonchev–Trinajstić information content (AvgIpc) is 3.01. The van der Waals surface area contributed by atoms with E-state index in [4.69, 9.17) is 16.0 Å². The third-order valence-corrected chi connectivity index (χ3v) is 4.53. The van der Waals surface area contributed by atoms with Gasteiger partial charge >= 0.3 is 0 Å². The quantitative estimate of drug-likeness (QED) is 0.650. The van der Waals surface area contributed by atoms with E-state index in [0.29, 0.717) is 0 Å². The van der Waals surface area contributed by atoms with Gasteiger partial charge in [0.25, 0.3) is 0 Å². The first-order chi connectivity index (χ1) is 11.2. The van der Waals surface area contributed by atoms with Crippen LogP contribution in [0.1, 0.15) is 56.8 Å². The molecule has 0 aliphatic heterocycles. The van der Waals surface area contributed by atoms with Gasteiger partial charge in [-0.15, -0.1) is 0 Å². The lowest BCUT2D eigenvalue weighted by atomic mass is 10.1. The standard InChI is InChI=1S/C20H28ClNO.ClH/c1-3-4-5-6-7-8-13-22-15-18-11-12-20(23-18)17-10-9-16(2)19(21)14-17;/h9-12,14,22H,3-8,13,15H2,1-2H3;1H/p-1. The highest BCUT2D eigenvalue weighted by Crippen LogP contribution is 2.26. The van der Waals surface area contributed by atoms with Crippen LogP contribution in [0.5, 0.6) is 0 Å². The maximum atomic E-state index is 6.18. The molecule has 1 aromatic carbocycles. The smallest absolute Gasteiger partial charge is 0.134 e. The Balaban J connectivity index is 0.00000288. The maximum absolute atomic E-state index is 6.18. The molecule has 0 saturated carbocycles. The van der Waals surface area contributed by atoms with Crippen LogP contribution in [0, 0.1) is 6.92 Å². The molecule has 2 nitrogen and oxygen atoms in total. The first kappa shape index (κ1) is 21.1. The van der Waals surface area contributed by atoms with Gasteiger partial charge in [0.1, 0.15) is 11.5 Å². The molecule has 0 atom stereocenters. The van der Waals surface area contributed by atoms with Gasteiger partial charge in [-0.1, -0.05) is 62.8 Å². The summed E-state index contributed by atoms with van der Waals surface area (Å²) in [4.78, 5) is 0. The number of unbranched alkanes of at least 4 members (excludes halogenated alkanes) is 5. The van der Waals surface area contributed by atoms with Crippen molar-refractivity contribution in [2.75, 3.05) is 6.54 Å². The van der Waals surface area contributed by atoms with Gasteiger partial charge in [-0.05, 0) is 43.7 Å². The Morgan fingerprint density at radius 3 is 2.50 bits per heavy atom. The maximum Gasteiger partial charge on any atom is 0.134 e. The Morgan fingerprint density at radius 2 is 1.75 bits per heavy atom. The second-order valence-corrected chi connectivity index (χ2v) is 6.58. The molecular weight excluding hydrogens is 341 g/mol. The molecule has 1 N–H and O–H groups in total. The van der Waals surface area contributed by atoms with Gasteiger partial charge in [0, 0.05) is 10.6 Å². The molecule has 0 radical (unpaired) electrons. The summed E-state index contributed by atoms with van der Waals surface area (Å²) in [5.41, 5.74) is 2.12. The van der Waals surface area contributed by atoms with Crippen molar-refractivity contribution in [1.29, 1.82) is 0 Å². The van der Waals surface area contributed by atoms with Gasteiger partial charge in [-0.3, -0.25) is 0 Å². The Labute approximate surface area is 157 Å². The Bertz CT molecular complexity index is 595. The Kier molecular flexibility index (Phi) is 10.2. The average molecular weight is 369 g/mol. The van der Waals surface area contributed by atoms with Crippen LogP contribution in [0.3, 0.4) is 0 Å². The van der Waals surface area contributed by atoms with Gasteiger partial charge in [0.15, 0.2) is 0 Å². The van der Waals surface area contributed by atoms with Crippen molar-refractivity contribution in [1.82, 2.24) is 5.32 Å². The van der Waals surface area contributed by atoms with E-state index < -0.39 is 0 Å². The van der Waals surface area contributed by atoms with Crippen molar-refractivity contribution in [3.05, 3.63) is 46.7 Å². The zero-order valence-electron chi connectivity index (χ0n) is 14.7. The molecule has 0 aliphatic rings. The molecule has 0 fully saturated rings. The summed E-state index contributed by atoms with van der Waals surface area (Å²) in [6, 6.07) is 10.1. The molecule has 134 valence electrons. The molecule has 0 saturated heterocycles. The highest BCUT2D eigenvalue weighted by atomic mass is 35.5. The van der Waals surface area contributed by atoms with Crippen molar-refractivity contribution in [2.45, 2.75) is 58.9 Å². The molecule has 1 heterocycles. The molecule has 0 spiro atoms. The number of furan rings is 1. The minimum absolute atomic E-state index is 0. The molecule has 1 aromatic heterocycles. The Morgan fingerprint density at radius 1 is 1.00 bits per heavy atom. The van der Waals surface area contributed by atoms with E-state index in [1.807, 2.05) is 37.3 Å². The monoisotopic (exact) mass is 368 g/mol. The lowest BCUT2D eigenvalue weighted by molar-refractivity contribution is -0.00000538. The first-order valence-corrected chi connectivity index (χ1v) is 9.14. The number of benzene rings is 1. The molecule has 0 unspecified atom stereocenters. The van der Waals surface area contributed by atoms with Crippen molar-refractivity contribution in [3.8, 4) is 11.3 Å². The molecule has 0 aliphatic carbocycles. The van der Waals surface area contributed by atoms with E-state index in [1.165, 1.54) is 38.5 Å². The number of hydrogen-bond acceptors (Lipinski definition) is 2. The normalized spacial score (nSPS) is 10.6. The lowest BCUT2D eigenvalue weighted by Gasteiger charge is -2.04. The highest BCUT2D eigenvalue weighted by molar-refractivity contribution is 6.31. The summed E-state index contributed by atoms with van der Waals surface area (Å²) in [6.45, 7) is 6.10. The summed E-state index contributed by atoms with van der Waals surface area (Å²) >= 11 is 6.18. The number of halogens is 2. The van der Waals surface area contributed by atoms with Gasteiger partial charge in [0.05, 0.1) is 6.54 Å². The van der Waals surface area contributed by atoms with E-state index >= 15 is 0 Å². The van der Waals surface area contributed by atoms with Crippen LogP contribution in [0.25, 0.3) is 11.3 Å². The molecule has 2 aromatic rings. The molecule has 0 bridgehead atoms. The summed E-state index contributed by atoms with van der Waals surface area (Å²) < 4.78 is 5.90. The van der Waals surface area contributed by atoms with Gasteiger partial charge in [-0.2, -0.15) is 0 Å². The molecular formula is C20H28Cl2NO-. The second kappa shape index (κ2) is 11.6. The fourth-order valence-corrected chi connectivity index (χ4v) is 2.80. The predicted molar refractivity (Wildman–Crippen MR) is 99.0 cm³/mol. The van der Waals surface area contributed by atoms with Crippen molar-refractivity contribution in [3.63, 3.8) is 0 Å². The lowest BCUT2D eigenvalue weighted by Crippen LogP contribution is -3.00. The van der Waals surface area contributed by atoms with E-state index in [-0.39, 0.29) is 12.4 Å². The zero-order chi connectivity index (χ0) is 16.5. The van der Waals surface area contributed by atoms with Gasteiger partial charge in [-0.25, -0.2) is 0 Å². The van der Waals surface area contributed by atoms with E-state index in [1.54, 1.807) is 0 Å². The van der Waals surface area contributed by atoms with Crippen LogP contribution in [-0.2, 0) is 6.54 Å². The third-order valence-electron chi connectivity index (χ3n) is 4.12. The number of rotatable bonds is 10. The van der Waals surface area contributed by atoms with Gasteiger partial charge < -0.3 is 22.1 Å². The number of nitrogens with one attached hydrogen (secondary N) is 1. The minimum atomic E-state index is 0. The van der Waals surface area contributed by atoms with Gasteiger partial charge in [0.2, 0.25) is 0 Å². The van der Waals surface area contributed by atoms with E-state index in [0.717, 1.165) is 40.8 Å². The largest absolute Gasteiger partial charge is 1.00 e. The highest BCUT2D eigenvalue weighted by Gasteiger charge is 2.06. The molecule has 0 amide bonds. The van der Waals surface area contributed by atoms with Crippen molar-refractivity contribution in [2.24, 2.45) is 0 Å². The fraction of sp³-hybridized carbons (Fsp3) is 0.500. The van der Waals surface area contributed by atoms with Crippen molar-refractivity contribution < 1.29 is 16.8 Å². The van der Waals surface area contributed by atoms with Crippen molar-refractivity contribution >= 4 is 11.6 Å².